The highest BCUT2D eigenvalue weighted by Crippen LogP contribution is 2.31. The molecule has 10 heteroatoms. The van der Waals surface area contributed by atoms with Gasteiger partial charge in [-0.05, 0) is 38.7 Å². The van der Waals surface area contributed by atoms with E-state index in [0.29, 0.717) is 18.0 Å². The lowest BCUT2D eigenvalue weighted by molar-refractivity contribution is -0.116. The Hall–Kier alpha value is -2.46. The third kappa shape index (κ3) is 3.29. The second kappa shape index (κ2) is 7.04. The molecule has 0 saturated carbocycles. The van der Waals surface area contributed by atoms with E-state index in [9.17, 15) is 4.79 Å². The fourth-order valence-electron chi connectivity index (χ4n) is 3.15. The van der Waals surface area contributed by atoms with E-state index in [0.717, 1.165) is 46.9 Å². The van der Waals surface area contributed by atoms with Gasteiger partial charge < -0.3 is 10.1 Å². The standard InChI is InChI=1S/C16H19N7O2S/c1-9-11(10(2)22-23-8-17-19-14(9)23)5-6-13(24)18-16-21-20-15(26-16)12-4-3-7-25-12/h8,12H,3-7H2,1-2H3,(H,18,21,24)/t12-/m1/s1. The number of aromatic nitrogens is 6. The van der Waals surface area contributed by atoms with Crippen LogP contribution in [0.2, 0.25) is 0 Å². The Bertz CT molecular complexity index is 945. The van der Waals surface area contributed by atoms with Crippen LogP contribution in [-0.4, -0.2) is 42.5 Å². The molecule has 3 aromatic rings. The summed E-state index contributed by atoms with van der Waals surface area (Å²) in [5, 5.41) is 24.7. The van der Waals surface area contributed by atoms with Crippen molar-refractivity contribution in [2.75, 3.05) is 11.9 Å². The number of carbonyl (C=O) groups excluding carboxylic acids is 1. The van der Waals surface area contributed by atoms with Gasteiger partial charge in [0, 0.05) is 18.6 Å². The van der Waals surface area contributed by atoms with Crippen molar-refractivity contribution in [2.45, 2.75) is 45.6 Å². The zero-order chi connectivity index (χ0) is 18.1. The van der Waals surface area contributed by atoms with Gasteiger partial charge in [0.05, 0.1) is 5.69 Å². The molecule has 26 heavy (non-hydrogen) atoms. The first kappa shape index (κ1) is 17.0. The molecule has 136 valence electrons. The first-order chi connectivity index (χ1) is 12.6. The van der Waals surface area contributed by atoms with E-state index in [1.807, 2.05) is 13.8 Å². The van der Waals surface area contributed by atoms with E-state index >= 15 is 0 Å². The molecule has 3 aromatic heterocycles. The van der Waals surface area contributed by atoms with Gasteiger partial charge >= 0.3 is 0 Å². The largest absolute Gasteiger partial charge is 0.371 e. The fourth-order valence-corrected chi connectivity index (χ4v) is 4.00. The SMILES string of the molecule is Cc1nn2cnnc2c(C)c1CCC(=O)Nc1nnc([C@H]2CCCO2)s1. The van der Waals surface area contributed by atoms with Crippen LogP contribution in [0.15, 0.2) is 6.33 Å². The maximum absolute atomic E-state index is 12.3. The van der Waals surface area contributed by atoms with Crippen LogP contribution in [0.1, 0.15) is 47.2 Å². The molecule has 4 heterocycles. The lowest BCUT2D eigenvalue weighted by Crippen LogP contribution is -2.13. The molecule has 1 amide bonds. The molecule has 1 aliphatic heterocycles. The molecule has 1 fully saturated rings. The molecule has 9 nitrogen and oxygen atoms in total. The van der Waals surface area contributed by atoms with Crippen molar-refractivity contribution >= 4 is 28.0 Å². The minimum Gasteiger partial charge on any atom is -0.371 e. The summed E-state index contributed by atoms with van der Waals surface area (Å²) in [6.45, 7) is 4.66. The molecule has 0 aromatic carbocycles. The van der Waals surface area contributed by atoms with E-state index in [-0.39, 0.29) is 12.0 Å². The predicted octanol–water partition coefficient (Wildman–Crippen LogP) is 2.02. The number of anilines is 1. The van der Waals surface area contributed by atoms with Crippen LogP contribution in [0.25, 0.3) is 5.65 Å². The highest BCUT2D eigenvalue weighted by atomic mass is 32.1. The number of amides is 1. The molecule has 1 aliphatic rings. The minimum absolute atomic E-state index is 0.0180. The summed E-state index contributed by atoms with van der Waals surface area (Å²) in [5.74, 6) is -0.0971. The van der Waals surface area contributed by atoms with Crippen molar-refractivity contribution in [1.82, 2.24) is 30.0 Å². The smallest absolute Gasteiger partial charge is 0.226 e. The molecular formula is C16H19N7O2S. The van der Waals surface area contributed by atoms with Gasteiger partial charge in [-0.3, -0.25) is 4.79 Å². The van der Waals surface area contributed by atoms with Crippen LogP contribution in [0, 0.1) is 13.8 Å². The summed E-state index contributed by atoms with van der Waals surface area (Å²) in [7, 11) is 0. The Morgan fingerprint density at radius 3 is 3.08 bits per heavy atom. The normalized spacial score (nSPS) is 17.1. The molecule has 1 saturated heterocycles. The average Bonchev–Trinajstić information content (AvgIpc) is 3.35. The summed E-state index contributed by atoms with van der Waals surface area (Å²) >= 11 is 1.38. The van der Waals surface area contributed by atoms with Crippen molar-refractivity contribution < 1.29 is 9.53 Å². The van der Waals surface area contributed by atoms with Crippen molar-refractivity contribution in [1.29, 1.82) is 0 Å². The van der Waals surface area contributed by atoms with Gasteiger partial charge in [0.1, 0.15) is 17.4 Å². The van der Waals surface area contributed by atoms with Gasteiger partial charge in [0.2, 0.25) is 11.0 Å². The van der Waals surface area contributed by atoms with Gasteiger partial charge in [-0.1, -0.05) is 11.3 Å². The highest BCUT2D eigenvalue weighted by molar-refractivity contribution is 7.15. The van der Waals surface area contributed by atoms with Crippen LogP contribution < -0.4 is 5.32 Å². The van der Waals surface area contributed by atoms with E-state index in [1.54, 1.807) is 10.8 Å². The highest BCUT2D eigenvalue weighted by Gasteiger charge is 2.22. The van der Waals surface area contributed by atoms with Gasteiger partial charge in [-0.25, -0.2) is 4.52 Å². The summed E-state index contributed by atoms with van der Waals surface area (Å²) in [6.07, 6.45) is 4.51. The number of fused-ring (bicyclic) bond motifs is 1. The Labute approximate surface area is 153 Å². The quantitative estimate of drug-likeness (QED) is 0.729. The Kier molecular flexibility index (Phi) is 4.60. The summed E-state index contributed by atoms with van der Waals surface area (Å²) in [5.41, 5.74) is 3.62. The third-order valence-electron chi connectivity index (χ3n) is 4.51. The molecule has 0 radical (unpaired) electrons. The van der Waals surface area contributed by atoms with Gasteiger partial charge in [-0.2, -0.15) is 5.10 Å². The van der Waals surface area contributed by atoms with Crippen molar-refractivity contribution in [3.05, 3.63) is 28.2 Å². The van der Waals surface area contributed by atoms with Crippen molar-refractivity contribution in [3.8, 4) is 0 Å². The maximum atomic E-state index is 12.3. The molecule has 0 aliphatic carbocycles. The topological polar surface area (TPSA) is 107 Å². The number of carbonyl (C=O) groups is 1. The first-order valence-electron chi connectivity index (χ1n) is 8.53. The minimum atomic E-state index is -0.0971. The molecule has 0 unspecified atom stereocenters. The average molecular weight is 373 g/mol. The number of aryl methyl sites for hydroxylation is 2. The molecule has 1 atom stereocenters. The number of rotatable bonds is 5. The van der Waals surface area contributed by atoms with E-state index in [1.165, 1.54) is 11.3 Å². The monoisotopic (exact) mass is 373 g/mol. The predicted molar refractivity (Wildman–Crippen MR) is 95.0 cm³/mol. The van der Waals surface area contributed by atoms with Gasteiger partial charge in [-0.15, -0.1) is 20.4 Å². The molecular weight excluding hydrogens is 354 g/mol. The zero-order valence-electron chi connectivity index (χ0n) is 14.6. The van der Waals surface area contributed by atoms with E-state index in [4.69, 9.17) is 4.74 Å². The van der Waals surface area contributed by atoms with Gasteiger partial charge in [0.15, 0.2) is 5.65 Å². The number of nitrogens with zero attached hydrogens (tertiary/aromatic N) is 6. The number of hydrogen-bond acceptors (Lipinski definition) is 8. The third-order valence-corrected chi connectivity index (χ3v) is 5.44. The Balaban J connectivity index is 1.40. The zero-order valence-corrected chi connectivity index (χ0v) is 15.4. The summed E-state index contributed by atoms with van der Waals surface area (Å²) < 4.78 is 7.25. The summed E-state index contributed by atoms with van der Waals surface area (Å²) in [6, 6.07) is 0. The molecule has 4 rings (SSSR count). The number of hydrogen-bond donors (Lipinski definition) is 1. The second-order valence-corrected chi connectivity index (χ2v) is 7.29. The lowest BCUT2D eigenvalue weighted by atomic mass is 10.0. The fraction of sp³-hybridized carbons (Fsp3) is 0.500. The summed E-state index contributed by atoms with van der Waals surface area (Å²) in [4.78, 5) is 12.3. The van der Waals surface area contributed by atoms with E-state index < -0.39 is 0 Å². The molecule has 1 N–H and O–H groups in total. The van der Waals surface area contributed by atoms with Crippen LogP contribution in [-0.2, 0) is 16.0 Å². The lowest BCUT2D eigenvalue weighted by Gasteiger charge is -2.09. The molecule has 0 bridgehead atoms. The van der Waals surface area contributed by atoms with Gasteiger partial charge in [0.25, 0.3) is 0 Å². The second-order valence-electron chi connectivity index (χ2n) is 6.28. The van der Waals surface area contributed by atoms with Crippen LogP contribution >= 0.6 is 11.3 Å². The Morgan fingerprint density at radius 2 is 2.27 bits per heavy atom. The molecule has 0 spiro atoms. The maximum Gasteiger partial charge on any atom is 0.226 e. The van der Waals surface area contributed by atoms with E-state index in [2.05, 4.69) is 30.8 Å². The van der Waals surface area contributed by atoms with Crippen LogP contribution in [0.5, 0.6) is 0 Å². The Morgan fingerprint density at radius 1 is 1.38 bits per heavy atom. The van der Waals surface area contributed by atoms with Crippen molar-refractivity contribution in [2.24, 2.45) is 0 Å². The van der Waals surface area contributed by atoms with Crippen LogP contribution in [0.4, 0.5) is 5.13 Å². The number of ether oxygens (including phenoxy) is 1. The van der Waals surface area contributed by atoms with Crippen molar-refractivity contribution in [3.63, 3.8) is 0 Å². The van der Waals surface area contributed by atoms with Crippen LogP contribution in [0.3, 0.4) is 0 Å². The first-order valence-corrected chi connectivity index (χ1v) is 9.34. The number of nitrogens with one attached hydrogen (secondary N) is 1.